The molecule has 3 rings (SSSR count). The highest BCUT2D eigenvalue weighted by Crippen LogP contribution is 2.17. The monoisotopic (exact) mass is 304 g/mol. The Morgan fingerprint density at radius 2 is 2.05 bits per heavy atom. The van der Waals surface area contributed by atoms with Gasteiger partial charge in [0.2, 0.25) is 4.77 Å². The van der Waals surface area contributed by atoms with Crippen LogP contribution in [0, 0.1) is 4.77 Å². The van der Waals surface area contributed by atoms with Gasteiger partial charge in [-0.2, -0.15) is 5.10 Å². The predicted molar refractivity (Wildman–Crippen MR) is 84.4 cm³/mol. The molecule has 1 aromatic carbocycles. The van der Waals surface area contributed by atoms with Gasteiger partial charge in [0.25, 0.3) is 0 Å². The van der Waals surface area contributed by atoms with E-state index in [0.29, 0.717) is 4.77 Å². The van der Waals surface area contributed by atoms with Crippen LogP contribution in [-0.2, 0) is 6.67 Å². The van der Waals surface area contributed by atoms with Crippen molar-refractivity contribution in [3.63, 3.8) is 0 Å². The molecule has 0 radical (unpaired) electrons. The molecule has 1 aromatic heterocycles. The molecule has 0 amide bonds. The van der Waals surface area contributed by atoms with Crippen LogP contribution < -0.4 is 4.74 Å². The van der Waals surface area contributed by atoms with Gasteiger partial charge < -0.3 is 4.74 Å². The Morgan fingerprint density at radius 3 is 2.81 bits per heavy atom. The van der Waals surface area contributed by atoms with Gasteiger partial charge in [-0.3, -0.25) is 9.47 Å². The molecule has 0 aliphatic carbocycles. The van der Waals surface area contributed by atoms with E-state index in [9.17, 15) is 0 Å². The molecule has 21 heavy (non-hydrogen) atoms. The van der Waals surface area contributed by atoms with E-state index in [0.717, 1.165) is 31.2 Å². The number of likely N-dealkylation sites (tertiary alicyclic amines) is 1. The SMILES string of the molecule is COc1cccc(-n2cnn(CN3CCCCC3)c2=S)c1. The molecule has 1 aliphatic rings. The smallest absolute Gasteiger partial charge is 0.203 e. The predicted octanol–water partition coefficient (Wildman–Crippen LogP) is 2.86. The lowest BCUT2D eigenvalue weighted by Gasteiger charge is -2.25. The fourth-order valence-electron chi connectivity index (χ4n) is 2.66. The van der Waals surface area contributed by atoms with Gasteiger partial charge in [-0.15, -0.1) is 0 Å². The quantitative estimate of drug-likeness (QED) is 0.814. The second-order valence-electron chi connectivity index (χ2n) is 5.30. The zero-order chi connectivity index (χ0) is 14.7. The number of methoxy groups -OCH3 is 1. The average molecular weight is 304 g/mol. The van der Waals surface area contributed by atoms with E-state index < -0.39 is 0 Å². The third-order valence-corrected chi connectivity index (χ3v) is 4.25. The first kappa shape index (κ1) is 14.3. The van der Waals surface area contributed by atoms with Crippen molar-refractivity contribution < 1.29 is 4.74 Å². The Morgan fingerprint density at radius 1 is 1.24 bits per heavy atom. The van der Waals surface area contributed by atoms with Crippen molar-refractivity contribution in [1.29, 1.82) is 0 Å². The fraction of sp³-hybridized carbons (Fsp3) is 0.467. The first-order valence-electron chi connectivity index (χ1n) is 7.29. The third kappa shape index (κ3) is 3.16. The summed E-state index contributed by atoms with van der Waals surface area (Å²) in [6, 6.07) is 7.84. The van der Waals surface area contributed by atoms with Gasteiger partial charge in [-0.25, -0.2) is 4.68 Å². The Bertz CT molecular complexity index is 658. The number of benzene rings is 1. The van der Waals surface area contributed by atoms with Crippen LogP contribution in [0.15, 0.2) is 30.6 Å². The number of hydrogen-bond donors (Lipinski definition) is 0. The van der Waals surface area contributed by atoms with Crippen molar-refractivity contribution in [2.24, 2.45) is 0 Å². The van der Waals surface area contributed by atoms with Gasteiger partial charge in [0.05, 0.1) is 19.5 Å². The third-order valence-electron chi connectivity index (χ3n) is 3.85. The summed E-state index contributed by atoms with van der Waals surface area (Å²) < 4.78 is 9.79. The maximum absolute atomic E-state index is 5.55. The molecule has 0 unspecified atom stereocenters. The molecule has 0 saturated carbocycles. The van der Waals surface area contributed by atoms with Crippen LogP contribution in [0.25, 0.3) is 5.69 Å². The minimum Gasteiger partial charge on any atom is -0.497 e. The first-order valence-corrected chi connectivity index (χ1v) is 7.70. The van der Waals surface area contributed by atoms with Crippen molar-refractivity contribution in [3.8, 4) is 11.4 Å². The zero-order valence-corrected chi connectivity index (χ0v) is 13.1. The summed E-state index contributed by atoms with van der Waals surface area (Å²) in [5.41, 5.74) is 0.976. The van der Waals surface area contributed by atoms with E-state index in [2.05, 4.69) is 10.00 Å². The van der Waals surface area contributed by atoms with Crippen LogP contribution in [0.5, 0.6) is 5.75 Å². The van der Waals surface area contributed by atoms with Crippen LogP contribution in [0.4, 0.5) is 0 Å². The maximum Gasteiger partial charge on any atom is 0.203 e. The molecule has 2 aromatic rings. The Balaban J connectivity index is 1.82. The van der Waals surface area contributed by atoms with Crippen molar-refractivity contribution >= 4 is 12.2 Å². The second kappa shape index (κ2) is 6.41. The summed E-state index contributed by atoms with van der Waals surface area (Å²) in [5.74, 6) is 0.818. The Labute approximate surface area is 129 Å². The average Bonchev–Trinajstić information content (AvgIpc) is 2.89. The Kier molecular flexibility index (Phi) is 4.36. The number of nitrogens with zero attached hydrogens (tertiary/aromatic N) is 4. The summed E-state index contributed by atoms with van der Waals surface area (Å²) in [7, 11) is 1.66. The molecule has 6 heteroatoms. The zero-order valence-electron chi connectivity index (χ0n) is 12.2. The summed E-state index contributed by atoms with van der Waals surface area (Å²) >= 11 is 5.55. The van der Waals surface area contributed by atoms with Crippen molar-refractivity contribution in [2.75, 3.05) is 20.2 Å². The lowest BCUT2D eigenvalue weighted by molar-refractivity contribution is 0.172. The van der Waals surface area contributed by atoms with Crippen LogP contribution >= 0.6 is 12.2 Å². The molecule has 2 heterocycles. The molecular weight excluding hydrogens is 284 g/mol. The highest BCUT2D eigenvalue weighted by Gasteiger charge is 2.12. The second-order valence-corrected chi connectivity index (χ2v) is 5.67. The highest BCUT2D eigenvalue weighted by molar-refractivity contribution is 7.71. The van der Waals surface area contributed by atoms with E-state index in [1.165, 1.54) is 19.3 Å². The van der Waals surface area contributed by atoms with E-state index in [1.54, 1.807) is 13.4 Å². The fourth-order valence-corrected chi connectivity index (χ4v) is 2.92. The van der Waals surface area contributed by atoms with Crippen molar-refractivity contribution in [1.82, 2.24) is 19.2 Å². The van der Waals surface area contributed by atoms with E-state index in [-0.39, 0.29) is 0 Å². The van der Waals surface area contributed by atoms with Crippen molar-refractivity contribution in [3.05, 3.63) is 35.4 Å². The molecule has 112 valence electrons. The van der Waals surface area contributed by atoms with Gasteiger partial charge in [-0.05, 0) is 50.3 Å². The maximum atomic E-state index is 5.55. The van der Waals surface area contributed by atoms with Crippen LogP contribution in [0.3, 0.4) is 0 Å². The molecule has 5 nitrogen and oxygen atoms in total. The van der Waals surface area contributed by atoms with E-state index >= 15 is 0 Å². The van der Waals surface area contributed by atoms with Crippen LogP contribution in [0.2, 0.25) is 0 Å². The molecule has 1 saturated heterocycles. The molecule has 1 aliphatic heterocycles. The van der Waals surface area contributed by atoms with Gasteiger partial charge >= 0.3 is 0 Å². The summed E-state index contributed by atoms with van der Waals surface area (Å²) in [6.07, 6.45) is 5.65. The number of aromatic nitrogens is 3. The molecular formula is C15H20N4OS. The van der Waals surface area contributed by atoms with E-state index in [1.807, 2.05) is 33.5 Å². The van der Waals surface area contributed by atoms with Crippen LogP contribution in [-0.4, -0.2) is 39.4 Å². The van der Waals surface area contributed by atoms with Gasteiger partial charge in [-0.1, -0.05) is 12.5 Å². The molecule has 0 bridgehead atoms. The van der Waals surface area contributed by atoms with Gasteiger partial charge in [0.15, 0.2) is 0 Å². The molecule has 0 N–H and O–H groups in total. The first-order chi connectivity index (χ1) is 10.3. The van der Waals surface area contributed by atoms with Gasteiger partial charge in [0.1, 0.15) is 12.1 Å². The molecule has 0 spiro atoms. The normalized spacial score (nSPS) is 16.0. The summed E-state index contributed by atoms with van der Waals surface area (Å²) in [5, 5.41) is 4.43. The lowest BCUT2D eigenvalue weighted by Crippen LogP contribution is -2.32. The number of rotatable bonds is 4. The topological polar surface area (TPSA) is 35.2 Å². The van der Waals surface area contributed by atoms with E-state index in [4.69, 9.17) is 17.0 Å². The minimum absolute atomic E-state index is 0.717. The van der Waals surface area contributed by atoms with Crippen molar-refractivity contribution in [2.45, 2.75) is 25.9 Å². The number of piperidine rings is 1. The molecule has 1 fully saturated rings. The summed E-state index contributed by atoms with van der Waals surface area (Å²) in [4.78, 5) is 2.40. The summed E-state index contributed by atoms with van der Waals surface area (Å²) in [6.45, 7) is 3.04. The number of hydrogen-bond acceptors (Lipinski definition) is 4. The largest absolute Gasteiger partial charge is 0.497 e. The Hall–Kier alpha value is -1.66. The lowest BCUT2D eigenvalue weighted by atomic mass is 10.1. The minimum atomic E-state index is 0.717. The number of ether oxygens (including phenoxy) is 1. The highest BCUT2D eigenvalue weighted by atomic mass is 32.1. The molecule has 0 atom stereocenters. The van der Waals surface area contributed by atoms with Crippen LogP contribution in [0.1, 0.15) is 19.3 Å². The van der Waals surface area contributed by atoms with Gasteiger partial charge in [0, 0.05) is 6.07 Å². The standard InChI is InChI=1S/C15H20N4OS/c1-20-14-7-5-6-13(10-14)18-11-16-19(15(18)21)12-17-8-3-2-4-9-17/h5-7,10-11H,2-4,8-9,12H2,1H3.